The van der Waals surface area contributed by atoms with Crippen molar-refractivity contribution in [3.63, 3.8) is 0 Å². The maximum atomic E-state index is 10.8. The first-order valence-electron chi connectivity index (χ1n) is 6.14. The zero-order chi connectivity index (χ0) is 13.1. The summed E-state index contributed by atoms with van der Waals surface area (Å²) >= 11 is 0. The van der Waals surface area contributed by atoms with Crippen LogP contribution in [-0.2, 0) is 14.9 Å². The number of benzene rings is 1. The molecule has 2 nitrogen and oxygen atoms in total. The van der Waals surface area contributed by atoms with Gasteiger partial charge in [-0.15, -0.1) is 0 Å². The van der Waals surface area contributed by atoms with E-state index in [2.05, 4.69) is 24.3 Å². The summed E-state index contributed by atoms with van der Waals surface area (Å²) in [5, 5.41) is 0. The topological polar surface area (TPSA) is 26.3 Å². The molecule has 1 aliphatic carbocycles. The number of allylic oxidation sites excluding steroid dienone is 3. The van der Waals surface area contributed by atoms with Crippen LogP contribution in [0.1, 0.15) is 25.8 Å². The van der Waals surface area contributed by atoms with Crippen LogP contribution in [0, 0.1) is 0 Å². The zero-order valence-electron chi connectivity index (χ0n) is 10.8. The van der Waals surface area contributed by atoms with Crippen LogP contribution in [0.3, 0.4) is 0 Å². The predicted molar refractivity (Wildman–Crippen MR) is 72.2 cm³/mol. The first-order chi connectivity index (χ1) is 8.62. The van der Waals surface area contributed by atoms with Gasteiger partial charge in [-0.25, -0.2) is 0 Å². The highest BCUT2D eigenvalue weighted by Gasteiger charge is 2.46. The van der Waals surface area contributed by atoms with Gasteiger partial charge in [0.25, 0.3) is 6.47 Å². The van der Waals surface area contributed by atoms with Crippen LogP contribution in [-0.4, -0.2) is 12.1 Å². The minimum absolute atomic E-state index is 0.302. The van der Waals surface area contributed by atoms with Crippen molar-refractivity contribution in [3.05, 3.63) is 60.2 Å². The van der Waals surface area contributed by atoms with Crippen molar-refractivity contribution in [1.29, 1.82) is 0 Å². The Balaban J connectivity index is 2.52. The largest absolute Gasteiger partial charge is 0.461 e. The third kappa shape index (κ3) is 1.99. The number of rotatable bonds is 4. The highest BCUT2D eigenvalue weighted by molar-refractivity contribution is 5.44. The molecular formula is C16H18O2. The normalized spacial score (nSPS) is 22.8. The Bertz CT molecular complexity index is 471. The average molecular weight is 242 g/mol. The Morgan fingerprint density at radius 1 is 1.22 bits per heavy atom. The van der Waals surface area contributed by atoms with Crippen molar-refractivity contribution in [2.24, 2.45) is 0 Å². The second-order valence-electron chi connectivity index (χ2n) is 5.05. The maximum absolute atomic E-state index is 10.8. The van der Waals surface area contributed by atoms with E-state index in [4.69, 9.17) is 4.74 Å². The van der Waals surface area contributed by atoms with Crippen LogP contribution in [0.4, 0.5) is 0 Å². The lowest BCUT2D eigenvalue weighted by Crippen LogP contribution is -2.48. The van der Waals surface area contributed by atoms with Crippen LogP contribution < -0.4 is 0 Å². The van der Waals surface area contributed by atoms with E-state index in [1.165, 1.54) is 0 Å². The van der Waals surface area contributed by atoms with Crippen molar-refractivity contribution in [3.8, 4) is 0 Å². The van der Waals surface area contributed by atoms with Crippen LogP contribution in [0.2, 0.25) is 0 Å². The van der Waals surface area contributed by atoms with E-state index >= 15 is 0 Å². The molecule has 0 aliphatic heterocycles. The molecular weight excluding hydrogens is 224 g/mol. The van der Waals surface area contributed by atoms with Crippen molar-refractivity contribution in [2.45, 2.75) is 31.3 Å². The van der Waals surface area contributed by atoms with Gasteiger partial charge in [-0.3, -0.25) is 4.79 Å². The van der Waals surface area contributed by atoms with Gasteiger partial charge in [-0.1, -0.05) is 54.6 Å². The van der Waals surface area contributed by atoms with Gasteiger partial charge in [0, 0.05) is 0 Å². The molecule has 0 fully saturated rings. The number of carbonyl (C=O) groups is 1. The summed E-state index contributed by atoms with van der Waals surface area (Å²) in [6.07, 6.45) is 9.12. The second-order valence-corrected chi connectivity index (χ2v) is 5.05. The fraction of sp³-hybridized carbons (Fsp3) is 0.312. The van der Waals surface area contributed by atoms with Gasteiger partial charge in [0.2, 0.25) is 0 Å². The summed E-state index contributed by atoms with van der Waals surface area (Å²) in [7, 11) is 0. The van der Waals surface area contributed by atoms with Gasteiger partial charge in [0.1, 0.15) is 5.60 Å². The lowest BCUT2D eigenvalue weighted by Gasteiger charge is -2.44. The Hall–Kier alpha value is -1.83. The van der Waals surface area contributed by atoms with Gasteiger partial charge in [-0.2, -0.15) is 0 Å². The first-order valence-corrected chi connectivity index (χ1v) is 6.14. The van der Waals surface area contributed by atoms with Crippen molar-refractivity contribution < 1.29 is 9.53 Å². The minimum atomic E-state index is -0.586. The van der Waals surface area contributed by atoms with Crippen LogP contribution >= 0.6 is 0 Å². The molecule has 1 atom stereocenters. The SMILES string of the molecule is CC(C)(OC=O)C1(c2ccccc2)C=CC=CC1. The Kier molecular flexibility index (Phi) is 3.37. The first kappa shape index (κ1) is 12.6. The summed E-state index contributed by atoms with van der Waals surface area (Å²) in [5.41, 5.74) is 0.277. The van der Waals surface area contributed by atoms with Gasteiger partial charge in [0.15, 0.2) is 0 Å². The average Bonchev–Trinajstić information content (AvgIpc) is 2.40. The molecule has 94 valence electrons. The van der Waals surface area contributed by atoms with Crippen molar-refractivity contribution >= 4 is 6.47 Å². The minimum Gasteiger partial charge on any atom is -0.461 e. The molecule has 0 spiro atoms. The third-order valence-electron chi connectivity index (χ3n) is 3.77. The number of hydrogen-bond donors (Lipinski definition) is 0. The van der Waals surface area contributed by atoms with E-state index in [0.29, 0.717) is 6.47 Å². The van der Waals surface area contributed by atoms with E-state index in [0.717, 1.165) is 12.0 Å². The molecule has 18 heavy (non-hydrogen) atoms. The highest BCUT2D eigenvalue weighted by atomic mass is 16.5. The molecule has 0 bridgehead atoms. The van der Waals surface area contributed by atoms with Gasteiger partial charge >= 0.3 is 0 Å². The van der Waals surface area contributed by atoms with Gasteiger partial charge < -0.3 is 4.74 Å². The molecule has 0 heterocycles. The molecule has 0 saturated heterocycles. The standard InChI is InChI=1S/C16H18O2/c1-15(2,18-13-17)16(11-7-4-8-12-16)14-9-5-3-6-10-14/h3-11,13H,12H2,1-2H3. The number of ether oxygens (including phenoxy) is 1. The predicted octanol–water partition coefficient (Wildman–Crippen LogP) is 3.39. The number of hydrogen-bond acceptors (Lipinski definition) is 2. The molecule has 0 amide bonds. The molecule has 1 aromatic carbocycles. The molecule has 1 unspecified atom stereocenters. The molecule has 0 aromatic heterocycles. The molecule has 1 aromatic rings. The highest BCUT2D eigenvalue weighted by Crippen LogP contribution is 2.43. The van der Waals surface area contributed by atoms with E-state index in [1.807, 2.05) is 44.2 Å². The second kappa shape index (κ2) is 4.81. The van der Waals surface area contributed by atoms with Gasteiger partial charge in [-0.05, 0) is 25.8 Å². The summed E-state index contributed by atoms with van der Waals surface area (Å²) in [4.78, 5) is 10.8. The summed E-state index contributed by atoms with van der Waals surface area (Å²) in [6.45, 7) is 4.45. The lowest BCUT2D eigenvalue weighted by molar-refractivity contribution is -0.145. The fourth-order valence-corrected chi connectivity index (χ4v) is 2.59. The Morgan fingerprint density at radius 2 is 1.94 bits per heavy atom. The quantitative estimate of drug-likeness (QED) is 0.756. The number of carbonyl (C=O) groups excluding carboxylic acids is 1. The Labute approximate surface area is 108 Å². The van der Waals surface area contributed by atoms with Crippen LogP contribution in [0.25, 0.3) is 0 Å². The summed E-state index contributed by atoms with van der Waals surface area (Å²) in [5.74, 6) is 0. The third-order valence-corrected chi connectivity index (χ3v) is 3.77. The summed E-state index contributed by atoms with van der Waals surface area (Å²) in [6, 6.07) is 10.2. The van der Waals surface area contributed by atoms with E-state index < -0.39 is 5.60 Å². The molecule has 0 radical (unpaired) electrons. The Morgan fingerprint density at radius 3 is 2.50 bits per heavy atom. The van der Waals surface area contributed by atoms with Crippen molar-refractivity contribution in [1.82, 2.24) is 0 Å². The van der Waals surface area contributed by atoms with Crippen molar-refractivity contribution in [2.75, 3.05) is 0 Å². The summed E-state index contributed by atoms with van der Waals surface area (Å²) < 4.78 is 5.36. The fourth-order valence-electron chi connectivity index (χ4n) is 2.59. The van der Waals surface area contributed by atoms with Crippen LogP contribution in [0.15, 0.2) is 54.6 Å². The molecule has 1 aliphatic rings. The molecule has 0 N–H and O–H groups in total. The monoisotopic (exact) mass is 242 g/mol. The molecule has 0 saturated carbocycles. The lowest BCUT2D eigenvalue weighted by atomic mass is 9.65. The van der Waals surface area contributed by atoms with E-state index in [-0.39, 0.29) is 5.41 Å². The zero-order valence-corrected chi connectivity index (χ0v) is 10.8. The molecule has 2 rings (SSSR count). The van der Waals surface area contributed by atoms with E-state index in [1.54, 1.807) is 0 Å². The van der Waals surface area contributed by atoms with Gasteiger partial charge in [0.05, 0.1) is 5.41 Å². The van der Waals surface area contributed by atoms with E-state index in [9.17, 15) is 4.79 Å². The maximum Gasteiger partial charge on any atom is 0.293 e. The smallest absolute Gasteiger partial charge is 0.293 e. The molecule has 2 heteroatoms. The van der Waals surface area contributed by atoms with Crippen LogP contribution in [0.5, 0.6) is 0 Å².